The van der Waals surface area contributed by atoms with E-state index in [9.17, 15) is 28.3 Å². The molecule has 0 radical (unpaired) electrons. The summed E-state index contributed by atoms with van der Waals surface area (Å²) in [4.78, 5) is 36.4. The Bertz CT molecular complexity index is 1220. The fourth-order valence-electron chi connectivity index (χ4n) is 3.27. The van der Waals surface area contributed by atoms with Gasteiger partial charge in [-0.3, -0.25) is 19.0 Å². The van der Waals surface area contributed by atoms with E-state index >= 15 is 0 Å². The molecule has 0 aliphatic rings. The number of phenols is 1. The number of hydrogen-bond acceptors (Lipinski definition) is 4. The molecule has 10 heteroatoms. The van der Waals surface area contributed by atoms with Crippen LogP contribution in [0.3, 0.4) is 0 Å². The predicted molar refractivity (Wildman–Crippen MR) is 108 cm³/mol. The lowest BCUT2D eigenvalue weighted by Crippen LogP contribution is -2.39. The highest BCUT2D eigenvalue weighted by molar-refractivity contribution is 6.30. The van der Waals surface area contributed by atoms with Crippen molar-refractivity contribution >= 4 is 40.3 Å². The summed E-state index contributed by atoms with van der Waals surface area (Å²) >= 11 is 5.84. The second-order valence-corrected chi connectivity index (χ2v) is 7.37. The first-order valence-corrected chi connectivity index (χ1v) is 9.44. The summed E-state index contributed by atoms with van der Waals surface area (Å²) in [6, 6.07) is 5.42. The molecule has 1 amide bonds. The number of phenolic OH excluding ortho intramolecular Hbond substituents is 1. The molecule has 0 spiro atoms. The first kappa shape index (κ1) is 22.2. The topological polar surface area (TPSA) is 109 Å². The molecule has 3 N–H and O–H groups in total. The molecule has 0 saturated carbocycles. The lowest BCUT2D eigenvalue weighted by Gasteiger charge is -2.10. The second kappa shape index (κ2) is 8.35. The fourth-order valence-corrected chi connectivity index (χ4v) is 3.40. The van der Waals surface area contributed by atoms with Gasteiger partial charge in [0.05, 0.1) is 11.9 Å². The maximum atomic E-state index is 14.8. The summed E-state index contributed by atoms with van der Waals surface area (Å²) < 4.78 is 29.9. The summed E-state index contributed by atoms with van der Waals surface area (Å²) in [7, 11) is 0. The van der Waals surface area contributed by atoms with Crippen molar-refractivity contribution in [3.63, 3.8) is 0 Å². The molecule has 0 fully saturated rings. The van der Waals surface area contributed by atoms with Gasteiger partial charge >= 0.3 is 5.97 Å². The van der Waals surface area contributed by atoms with E-state index < -0.39 is 47.6 Å². The Morgan fingerprint density at radius 3 is 2.39 bits per heavy atom. The molecule has 7 nitrogen and oxygen atoms in total. The first-order valence-electron chi connectivity index (χ1n) is 9.06. The van der Waals surface area contributed by atoms with Gasteiger partial charge in [-0.25, -0.2) is 8.78 Å². The smallest absolute Gasteiger partial charge is 0.325 e. The lowest BCUT2D eigenvalue weighted by molar-refractivity contribution is -0.141. The largest absolute Gasteiger partial charge is 0.503 e. The number of hydrogen-bond donors (Lipinski definition) is 3. The van der Waals surface area contributed by atoms with Gasteiger partial charge in [0, 0.05) is 27.7 Å². The molecule has 1 heterocycles. The normalized spacial score (nSPS) is 12.0. The zero-order valence-corrected chi connectivity index (χ0v) is 17.1. The average molecular weight is 451 g/mol. The highest BCUT2D eigenvalue weighted by Gasteiger charge is 2.27. The van der Waals surface area contributed by atoms with Crippen LogP contribution in [-0.4, -0.2) is 38.6 Å². The number of carbonyl (C=O) groups excluding carboxylic acids is 2. The number of aromatic nitrogens is 1. The lowest BCUT2D eigenvalue weighted by atomic mass is 10.1. The number of aromatic hydroxyl groups is 1. The number of carbonyl (C=O) groups is 3. The summed E-state index contributed by atoms with van der Waals surface area (Å²) in [5.74, 6) is -6.49. The number of amides is 1. The number of aliphatic carboxylic acids is 1. The maximum absolute atomic E-state index is 14.8. The molecule has 1 atom stereocenters. The van der Waals surface area contributed by atoms with Crippen molar-refractivity contribution in [2.75, 3.05) is 0 Å². The van der Waals surface area contributed by atoms with Crippen molar-refractivity contribution in [3.05, 3.63) is 63.8 Å². The van der Waals surface area contributed by atoms with Crippen LogP contribution >= 0.6 is 11.6 Å². The van der Waals surface area contributed by atoms with Gasteiger partial charge in [-0.05, 0) is 43.7 Å². The van der Waals surface area contributed by atoms with Gasteiger partial charge in [-0.15, -0.1) is 0 Å². The first-order chi connectivity index (χ1) is 14.5. The van der Waals surface area contributed by atoms with E-state index in [1.807, 2.05) is 0 Å². The van der Waals surface area contributed by atoms with Gasteiger partial charge in [0.2, 0.25) is 5.91 Å². The zero-order valence-electron chi connectivity index (χ0n) is 16.4. The Hall–Kier alpha value is -3.46. The van der Waals surface area contributed by atoms with Crippen molar-refractivity contribution in [2.45, 2.75) is 26.3 Å². The summed E-state index contributed by atoms with van der Waals surface area (Å²) in [6.45, 7) is 2.69. The van der Waals surface area contributed by atoms with Crippen LogP contribution in [0.4, 0.5) is 8.78 Å². The van der Waals surface area contributed by atoms with E-state index in [4.69, 9.17) is 16.7 Å². The Balaban J connectivity index is 2.18. The number of benzene rings is 2. The third-order valence-corrected chi connectivity index (χ3v) is 5.12. The van der Waals surface area contributed by atoms with Gasteiger partial charge in [-0.2, -0.15) is 0 Å². The van der Waals surface area contributed by atoms with E-state index in [1.165, 1.54) is 38.1 Å². The minimum atomic E-state index is -1.32. The molecule has 1 unspecified atom stereocenters. The summed E-state index contributed by atoms with van der Waals surface area (Å²) in [5, 5.41) is 21.0. The molecule has 0 aliphatic heterocycles. The minimum Gasteiger partial charge on any atom is -0.503 e. The Labute approximate surface area is 179 Å². The highest BCUT2D eigenvalue weighted by atomic mass is 35.5. The number of halogens is 3. The van der Waals surface area contributed by atoms with Crippen LogP contribution in [0.15, 0.2) is 30.3 Å². The van der Waals surface area contributed by atoms with Gasteiger partial charge in [-0.1, -0.05) is 11.6 Å². The van der Waals surface area contributed by atoms with E-state index in [0.717, 1.165) is 10.6 Å². The molecular weight excluding hydrogens is 434 g/mol. The van der Waals surface area contributed by atoms with Crippen molar-refractivity contribution < 1.29 is 33.4 Å². The maximum Gasteiger partial charge on any atom is 0.325 e. The third-order valence-electron chi connectivity index (χ3n) is 4.87. The quantitative estimate of drug-likeness (QED) is 0.552. The van der Waals surface area contributed by atoms with E-state index in [0.29, 0.717) is 5.02 Å². The van der Waals surface area contributed by atoms with Crippen LogP contribution < -0.4 is 5.32 Å². The van der Waals surface area contributed by atoms with Gasteiger partial charge in [0.15, 0.2) is 17.4 Å². The SMILES string of the molecule is Cc1c(CC(=O)NC(C)C(=O)O)c2c(F)c(O)c(F)cc2n1C(=O)c1ccc(Cl)cc1. The number of nitrogens with one attached hydrogen (secondary N) is 1. The molecule has 31 heavy (non-hydrogen) atoms. The van der Waals surface area contributed by atoms with Crippen molar-refractivity contribution in [1.82, 2.24) is 9.88 Å². The van der Waals surface area contributed by atoms with Crippen LogP contribution in [0.1, 0.15) is 28.5 Å². The summed E-state index contributed by atoms with van der Waals surface area (Å²) in [5.41, 5.74) is 0.144. The van der Waals surface area contributed by atoms with Crippen molar-refractivity contribution in [2.24, 2.45) is 0 Å². The van der Waals surface area contributed by atoms with E-state index in [-0.39, 0.29) is 27.7 Å². The van der Waals surface area contributed by atoms with E-state index in [1.54, 1.807) is 0 Å². The predicted octanol–water partition coefficient (Wildman–Crippen LogP) is 3.41. The molecule has 1 aromatic heterocycles. The number of fused-ring (bicyclic) bond motifs is 1. The van der Waals surface area contributed by atoms with Crippen molar-refractivity contribution in [3.8, 4) is 5.75 Å². The molecule has 3 aromatic rings. The minimum absolute atomic E-state index is 0.0141. The number of nitrogens with zero attached hydrogens (tertiary/aromatic N) is 1. The molecule has 162 valence electrons. The van der Waals surface area contributed by atoms with Crippen LogP contribution in [0, 0.1) is 18.6 Å². The average Bonchev–Trinajstić information content (AvgIpc) is 2.97. The molecule has 3 rings (SSSR count). The second-order valence-electron chi connectivity index (χ2n) is 6.93. The highest BCUT2D eigenvalue weighted by Crippen LogP contribution is 2.35. The molecular formula is C21H17ClF2N2O5. The molecule has 0 saturated heterocycles. The van der Waals surface area contributed by atoms with Crippen molar-refractivity contribution in [1.29, 1.82) is 0 Å². The number of rotatable bonds is 5. The summed E-state index contributed by atoms with van der Waals surface area (Å²) in [6.07, 6.45) is -0.497. The monoisotopic (exact) mass is 450 g/mol. The molecule has 2 aromatic carbocycles. The van der Waals surface area contributed by atoms with E-state index in [2.05, 4.69) is 5.32 Å². The molecule has 0 aliphatic carbocycles. The molecule has 0 bridgehead atoms. The Morgan fingerprint density at radius 2 is 1.81 bits per heavy atom. The third kappa shape index (κ3) is 4.09. The number of carboxylic acids is 1. The van der Waals surface area contributed by atoms with Crippen LogP contribution in [0.5, 0.6) is 5.75 Å². The Kier molecular flexibility index (Phi) is 5.99. The standard InChI is InChI=1S/C21H17ClF2N2O5/c1-9(21(30)31)25-16(27)7-13-10(2)26(20(29)11-3-5-12(22)6-4-11)15-8-14(23)19(28)18(24)17(13)15/h3-6,8-9,28H,7H2,1-2H3,(H,25,27)(H,30,31). The fraction of sp³-hybridized carbons (Fsp3) is 0.190. The zero-order chi connectivity index (χ0) is 23.0. The van der Waals surface area contributed by atoms with Crippen LogP contribution in [-0.2, 0) is 16.0 Å². The van der Waals surface area contributed by atoms with Gasteiger partial charge < -0.3 is 15.5 Å². The Morgan fingerprint density at radius 1 is 1.19 bits per heavy atom. The van der Waals surface area contributed by atoms with Gasteiger partial charge in [0.1, 0.15) is 6.04 Å². The number of carboxylic acid groups (broad SMARTS) is 1. The van der Waals surface area contributed by atoms with Crippen LogP contribution in [0.2, 0.25) is 5.02 Å². The van der Waals surface area contributed by atoms with Crippen LogP contribution in [0.25, 0.3) is 10.9 Å². The van der Waals surface area contributed by atoms with Gasteiger partial charge in [0.25, 0.3) is 5.91 Å².